The number of halogens is 1. The minimum Gasteiger partial charge on any atom is -0.391 e. The lowest BCUT2D eigenvalue weighted by Crippen LogP contribution is -2.42. The molecule has 0 radical (unpaired) electrons. The van der Waals surface area contributed by atoms with Crippen molar-refractivity contribution in [2.75, 3.05) is 25.5 Å². The Morgan fingerprint density at radius 1 is 1.46 bits per heavy atom. The van der Waals surface area contributed by atoms with Crippen molar-refractivity contribution in [3.63, 3.8) is 0 Å². The minimum absolute atomic E-state index is 0.238. The van der Waals surface area contributed by atoms with Crippen LogP contribution in [0, 0.1) is 0 Å². The molecular formula is C9H20ClNO2. The van der Waals surface area contributed by atoms with Crippen molar-refractivity contribution in [3.05, 3.63) is 0 Å². The average Bonchev–Trinajstić information content (AvgIpc) is 2.00. The highest BCUT2D eigenvalue weighted by atomic mass is 35.5. The molecule has 0 heterocycles. The second-order valence-corrected chi connectivity index (χ2v) is 4.26. The van der Waals surface area contributed by atoms with Crippen LogP contribution in [0.5, 0.6) is 0 Å². The topological polar surface area (TPSA) is 43.7 Å². The predicted octanol–water partition coefficient (Wildman–Crippen LogP) is 0.679. The molecule has 0 aliphatic rings. The molecule has 0 aromatic rings. The second-order valence-electron chi connectivity index (χ2n) is 3.95. The van der Waals surface area contributed by atoms with Gasteiger partial charge in [-0.3, -0.25) is 4.90 Å². The van der Waals surface area contributed by atoms with E-state index in [-0.39, 0.29) is 5.88 Å². The molecule has 0 spiro atoms. The van der Waals surface area contributed by atoms with Gasteiger partial charge in [-0.05, 0) is 20.4 Å². The molecular weight excluding hydrogens is 190 g/mol. The van der Waals surface area contributed by atoms with Gasteiger partial charge in [-0.1, -0.05) is 6.92 Å². The predicted molar refractivity (Wildman–Crippen MR) is 55.1 cm³/mol. The molecule has 80 valence electrons. The zero-order valence-corrected chi connectivity index (χ0v) is 9.38. The molecule has 4 heteroatoms. The summed E-state index contributed by atoms with van der Waals surface area (Å²) in [6.07, 6.45) is -0.510. The lowest BCUT2D eigenvalue weighted by atomic mass is 10.1. The van der Waals surface area contributed by atoms with Gasteiger partial charge in [0, 0.05) is 19.0 Å². The third kappa shape index (κ3) is 7.26. The van der Waals surface area contributed by atoms with Crippen LogP contribution in [0.2, 0.25) is 0 Å². The summed E-state index contributed by atoms with van der Waals surface area (Å²) in [7, 11) is 0. The normalized spacial score (nSPS) is 15.0. The van der Waals surface area contributed by atoms with Gasteiger partial charge in [0.15, 0.2) is 0 Å². The highest BCUT2D eigenvalue weighted by Crippen LogP contribution is 2.05. The van der Waals surface area contributed by atoms with Crippen LogP contribution in [0.25, 0.3) is 0 Å². The maximum Gasteiger partial charge on any atom is 0.0802 e. The van der Waals surface area contributed by atoms with Crippen molar-refractivity contribution in [1.82, 2.24) is 4.90 Å². The van der Waals surface area contributed by atoms with E-state index in [0.29, 0.717) is 13.1 Å². The number of aliphatic hydroxyl groups excluding tert-OH is 1. The van der Waals surface area contributed by atoms with Crippen LogP contribution in [0.3, 0.4) is 0 Å². The Morgan fingerprint density at radius 3 is 2.31 bits per heavy atom. The Balaban J connectivity index is 3.89. The van der Waals surface area contributed by atoms with Crippen molar-refractivity contribution in [1.29, 1.82) is 0 Å². The van der Waals surface area contributed by atoms with E-state index in [2.05, 4.69) is 0 Å². The first-order chi connectivity index (χ1) is 5.89. The zero-order chi connectivity index (χ0) is 10.5. The van der Waals surface area contributed by atoms with E-state index in [1.54, 1.807) is 13.8 Å². The van der Waals surface area contributed by atoms with Crippen LogP contribution in [-0.2, 0) is 0 Å². The molecule has 2 N–H and O–H groups in total. The van der Waals surface area contributed by atoms with Crippen LogP contribution in [-0.4, -0.2) is 52.3 Å². The lowest BCUT2D eigenvalue weighted by Gasteiger charge is -2.29. The first-order valence-corrected chi connectivity index (χ1v) is 5.11. The molecule has 0 saturated heterocycles. The number of nitrogens with zero attached hydrogens (tertiary/aromatic N) is 1. The molecule has 0 fully saturated rings. The van der Waals surface area contributed by atoms with Crippen LogP contribution in [0.1, 0.15) is 20.8 Å². The fraction of sp³-hybridized carbons (Fsp3) is 1.00. The number of hydrogen-bond acceptors (Lipinski definition) is 3. The molecule has 3 nitrogen and oxygen atoms in total. The van der Waals surface area contributed by atoms with Crippen molar-refractivity contribution in [2.24, 2.45) is 0 Å². The first-order valence-electron chi connectivity index (χ1n) is 4.57. The van der Waals surface area contributed by atoms with Crippen molar-refractivity contribution < 1.29 is 10.2 Å². The molecule has 0 amide bonds. The highest BCUT2D eigenvalue weighted by Gasteiger charge is 2.18. The Bertz CT molecular complexity index is 136. The van der Waals surface area contributed by atoms with Crippen molar-refractivity contribution in [2.45, 2.75) is 32.5 Å². The van der Waals surface area contributed by atoms with Gasteiger partial charge in [0.1, 0.15) is 0 Å². The number of alkyl halides is 1. The minimum atomic E-state index is -0.720. The third-order valence-electron chi connectivity index (χ3n) is 1.70. The van der Waals surface area contributed by atoms with Crippen LogP contribution in [0.4, 0.5) is 0 Å². The smallest absolute Gasteiger partial charge is 0.0802 e. The van der Waals surface area contributed by atoms with Crippen molar-refractivity contribution >= 4 is 11.6 Å². The standard InChI is InChI=1S/C9H20ClNO2/c1-4-11(6-8(12)5-10)7-9(2,3)13/h8,12-13H,4-7H2,1-3H3. The molecule has 0 aromatic carbocycles. The Morgan fingerprint density at radius 2 is 2.00 bits per heavy atom. The van der Waals surface area contributed by atoms with Gasteiger partial charge in [0.2, 0.25) is 0 Å². The van der Waals surface area contributed by atoms with E-state index >= 15 is 0 Å². The van der Waals surface area contributed by atoms with E-state index in [9.17, 15) is 10.2 Å². The molecule has 0 bridgehead atoms. The fourth-order valence-electron chi connectivity index (χ4n) is 1.20. The molecule has 13 heavy (non-hydrogen) atoms. The summed E-state index contributed by atoms with van der Waals surface area (Å²) in [5, 5.41) is 18.8. The summed E-state index contributed by atoms with van der Waals surface area (Å²) in [5.41, 5.74) is -0.720. The Labute approximate surface area is 85.3 Å². The van der Waals surface area contributed by atoms with E-state index in [0.717, 1.165) is 6.54 Å². The Kier molecular flexibility index (Phi) is 5.88. The van der Waals surface area contributed by atoms with Gasteiger partial charge < -0.3 is 10.2 Å². The lowest BCUT2D eigenvalue weighted by molar-refractivity contribution is 0.0238. The summed E-state index contributed by atoms with van der Waals surface area (Å²) < 4.78 is 0. The summed E-state index contributed by atoms with van der Waals surface area (Å²) in [5.74, 6) is 0.238. The van der Waals surface area contributed by atoms with Gasteiger partial charge in [0.05, 0.1) is 11.7 Å². The molecule has 1 unspecified atom stereocenters. The van der Waals surface area contributed by atoms with Crippen LogP contribution in [0.15, 0.2) is 0 Å². The Hall–Kier alpha value is 0.170. The van der Waals surface area contributed by atoms with Gasteiger partial charge >= 0.3 is 0 Å². The fourth-order valence-corrected chi connectivity index (χ4v) is 1.30. The van der Waals surface area contributed by atoms with Crippen LogP contribution < -0.4 is 0 Å². The summed E-state index contributed by atoms with van der Waals surface area (Å²) in [6.45, 7) is 7.37. The molecule has 0 aliphatic carbocycles. The molecule has 0 aliphatic heterocycles. The third-order valence-corrected chi connectivity index (χ3v) is 2.06. The molecule has 0 aromatic heterocycles. The molecule has 0 saturated carbocycles. The number of likely N-dealkylation sites (N-methyl/N-ethyl adjacent to an activating group) is 1. The summed E-state index contributed by atoms with van der Waals surface area (Å²) >= 11 is 5.49. The first kappa shape index (κ1) is 13.2. The quantitative estimate of drug-likeness (QED) is 0.633. The zero-order valence-electron chi connectivity index (χ0n) is 8.63. The number of hydrogen-bond donors (Lipinski definition) is 2. The van der Waals surface area contributed by atoms with Gasteiger partial charge in [-0.15, -0.1) is 11.6 Å². The number of rotatable bonds is 6. The second kappa shape index (κ2) is 5.81. The molecule has 0 rings (SSSR count). The van der Waals surface area contributed by atoms with Gasteiger partial charge in [0.25, 0.3) is 0 Å². The largest absolute Gasteiger partial charge is 0.391 e. The van der Waals surface area contributed by atoms with Gasteiger partial charge in [-0.25, -0.2) is 0 Å². The monoisotopic (exact) mass is 209 g/mol. The van der Waals surface area contributed by atoms with Crippen LogP contribution >= 0.6 is 11.6 Å². The summed E-state index contributed by atoms with van der Waals surface area (Å²) in [6, 6.07) is 0. The van der Waals surface area contributed by atoms with E-state index in [1.807, 2.05) is 11.8 Å². The van der Waals surface area contributed by atoms with Crippen molar-refractivity contribution in [3.8, 4) is 0 Å². The summed E-state index contributed by atoms with van der Waals surface area (Å²) in [4.78, 5) is 1.98. The van der Waals surface area contributed by atoms with Gasteiger partial charge in [-0.2, -0.15) is 0 Å². The number of aliphatic hydroxyl groups is 2. The highest BCUT2D eigenvalue weighted by molar-refractivity contribution is 6.18. The SMILES string of the molecule is CCN(CC(O)CCl)CC(C)(C)O. The average molecular weight is 210 g/mol. The maximum atomic E-state index is 9.55. The molecule has 1 atom stereocenters. The maximum absolute atomic E-state index is 9.55. The van der Waals surface area contributed by atoms with E-state index in [4.69, 9.17) is 11.6 Å². The van der Waals surface area contributed by atoms with E-state index < -0.39 is 11.7 Å². The van der Waals surface area contributed by atoms with E-state index in [1.165, 1.54) is 0 Å².